The zero-order chi connectivity index (χ0) is 15.0. The number of halogens is 1. The SMILES string of the molecule is COCCCN(CCOC)c1cc(Br)ccc1C(=O)O. The van der Waals surface area contributed by atoms with Crippen molar-refractivity contribution in [3.8, 4) is 0 Å². The first-order valence-electron chi connectivity index (χ1n) is 6.35. The topological polar surface area (TPSA) is 59.0 Å². The third-order valence-electron chi connectivity index (χ3n) is 2.87. The highest BCUT2D eigenvalue weighted by molar-refractivity contribution is 9.10. The zero-order valence-electron chi connectivity index (χ0n) is 11.8. The Kier molecular flexibility index (Phi) is 7.58. The fourth-order valence-electron chi connectivity index (χ4n) is 1.90. The largest absolute Gasteiger partial charge is 0.478 e. The van der Waals surface area contributed by atoms with Crippen LogP contribution in [0.4, 0.5) is 5.69 Å². The molecule has 1 rings (SSSR count). The molecule has 0 spiro atoms. The molecule has 20 heavy (non-hydrogen) atoms. The van der Waals surface area contributed by atoms with Gasteiger partial charge in [-0.15, -0.1) is 0 Å². The molecule has 1 aromatic rings. The summed E-state index contributed by atoms with van der Waals surface area (Å²) in [4.78, 5) is 13.4. The van der Waals surface area contributed by atoms with Gasteiger partial charge in [-0.2, -0.15) is 0 Å². The molecule has 0 fully saturated rings. The Hall–Kier alpha value is -1.11. The van der Waals surface area contributed by atoms with Gasteiger partial charge in [-0.25, -0.2) is 4.79 Å². The summed E-state index contributed by atoms with van der Waals surface area (Å²) in [6, 6.07) is 5.17. The van der Waals surface area contributed by atoms with Crippen molar-refractivity contribution >= 4 is 27.6 Å². The van der Waals surface area contributed by atoms with E-state index in [4.69, 9.17) is 9.47 Å². The third-order valence-corrected chi connectivity index (χ3v) is 3.37. The molecule has 0 atom stereocenters. The molecule has 0 heterocycles. The molecule has 5 nitrogen and oxygen atoms in total. The highest BCUT2D eigenvalue weighted by Crippen LogP contribution is 2.25. The highest BCUT2D eigenvalue weighted by Gasteiger charge is 2.16. The van der Waals surface area contributed by atoms with Gasteiger partial charge in [0.05, 0.1) is 17.9 Å². The first kappa shape index (κ1) is 16.9. The Labute approximate surface area is 127 Å². The molecule has 0 saturated carbocycles. The number of rotatable bonds is 9. The van der Waals surface area contributed by atoms with Crippen molar-refractivity contribution in [3.05, 3.63) is 28.2 Å². The van der Waals surface area contributed by atoms with Crippen LogP contribution in [0.3, 0.4) is 0 Å². The number of methoxy groups -OCH3 is 2. The second kappa shape index (κ2) is 8.94. The van der Waals surface area contributed by atoms with Crippen LogP contribution >= 0.6 is 15.9 Å². The van der Waals surface area contributed by atoms with Gasteiger partial charge in [0.1, 0.15) is 0 Å². The van der Waals surface area contributed by atoms with E-state index in [0.717, 1.165) is 10.9 Å². The van der Waals surface area contributed by atoms with Crippen molar-refractivity contribution in [1.29, 1.82) is 0 Å². The van der Waals surface area contributed by atoms with E-state index in [0.29, 0.717) is 37.6 Å². The number of carbonyl (C=O) groups is 1. The van der Waals surface area contributed by atoms with Gasteiger partial charge in [-0.05, 0) is 24.6 Å². The molecule has 0 bridgehead atoms. The molecule has 0 aliphatic carbocycles. The zero-order valence-corrected chi connectivity index (χ0v) is 13.4. The highest BCUT2D eigenvalue weighted by atomic mass is 79.9. The second-order valence-electron chi connectivity index (χ2n) is 4.29. The van der Waals surface area contributed by atoms with E-state index in [-0.39, 0.29) is 0 Å². The summed E-state index contributed by atoms with van der Waals surface area (Å²) in [5.74, 6) is -0.929. The average molecular weight is 346 g/mol. The van der Waals surface area contributed by atoms with E-state index >= 15 is 0 Å². The van der Waals surface area contributed by atoms with E-state index in [9.17, 15) is 9.90 Å². The summed E-state index contributed by atoms with van der Waals surface area (Å²) in [6.07, 6.45) is 0.825. The molecule has 0 amide bonds. The van der Waals surface area contributed by atoms with Gasteiger partial charge in [-0.3, -0.25) is 0 Å². The first-order valence-corrected chi connectivity index (χ1v) is 7.15. The summed E-state index contributed by atoms with van der Waals surface area (Å²) >= 11 is 3.39. The molecule has 1 N–H and O–H groups in total. The lowest BCUT2D eigenvalue weighted by atomic mass is 10.1. The van der Waals surface area contributed by atoms with Crippen LogP contribution in [0.25, 0.3) is 0 Å². The Morgan fingerprint density at radius 2 is 1.95 bits per heavy atom. The molecule has 0 radical (unpaired) electrons. The van der Waals surface area contributed by atoms with E-state index in [1.165, 1.54) is 0 Å². The van der Waals surface area contributed by atoms with Crippen LogP contribution in [-0.2, 0) is 9.47 Å². The summed E-state index contributed by atoms with van der Waals surface area (Å²) in [6.45, 7) is 2.53. The maximum Gasteiger partial charge on any atom is 0.337 e. The van der Waals surface area contributed by atoms with E-state index < -0.39 is 5.97 Å². The number of carboxylic acids is 1. The lowest BCUT2D eigenvalue weighted by Gasteiger charge is -2.26. The molecular weight excluding hydrogens is 326 g/mol. The number of carboxylic acid groups (broad SMARTS) is 1. The molecule has 6 heteroatoms. The average Bonchev–Trinajstić information content (AvgIpc) is 2.42. The number of hydrogen-bond acceptors (Lipinski definition) is 4. The van der Waals surface area contributed by atoms with Crippen LogP contribution in [0.5, 0.6) is 0 Å². The number of hydrogen-bond donors (Lipinski definition) is 1. The molecule has 0 aliphatic rings. The number of nitrogens with zero attached hydrogens (tertiary/aromatic N) is 1. The third kappa shape index (κ3) is 5.11. The van der Waals surface area contributed by atoms with Gasteiger partial charge in [0.2, 0.25) is 0 Å². The predicted octanol–water partition coefficient (Wildman–Crippen LogP) is 2.64. The maximum absolute atomic E-state index is 11.3. The monoisotopic (exact) mass is 345 g/mol. The van der Waals surface area contributed by atoms with Crippen LogP contribution in [0.15, 0.2) is 22.7 Å². The normalized spacial score (nSPS) is 10.6. The number of anilines is 1. The Morgan fingerprint density at radius 3 is 2.55 bits per heavy atom. The van der Waals surface area contributed by atoms with Crippen molar-refractivity contribution in [2.24, 2.45) is 0 Å². The summed E-state index contributed by atoms with van der Waals surface area (Å²) in [5, 5.41) is 9.30. The minimum Gasteiger partial charge on any atom is -0.478 e. The van der Waals surface area contributed by atoms with Crippen LogP contribution in [0.2, 0.25) is 0 Å². The van der Waals surface area contributed by atoms with Crippen molar-refractivity contribution in [2.75, 3.05) is 45.4 Å². The predicted molar refractivity (Wildman–Crippen MR) is 81.7 cm³/mol. The molecule has 1 aromatic carbocycles. The molecular formula is C14H20BrNO4. The van der Waals surface area contributed by atoms with Gasteiger partial charge in [0.15, 0.2) is 0 Å². The Morgan fingerprint density at radius 1 is 1.25 bits per heavy atom. The van der Waals surface area contributed by atoms with Gasteiger partial charge in [-0.1, -0.05) is 15.9 Å². The lowest BCUT2D eigenvalue weighted by molar-refractivity contribution is 0.0697. The van der Waals surface area contributed by atoms with Gasteiger partial charge < -0.3 is 19.5 Å². The van der Waals surface area contributed by atoms with Crippen LogP contribution < -0.4 is 4.90 Å². The quantitative estimate of drug-likeness (QED) is 0.697. The fraction of sp³-hybridized carbons (Fsp3) is 0.500. The number of aromatic carboxylic acids is 1. The van der Waals surface area contributed by atoms with Crippen LogP contribution in [-0.4, -0.2) is 51.6 Å². The van der Waals surface area contributed by atoms with Gasteiger partial charge >= 0.3 is 5.97 Å². The molecule has 112 valence electrons. The number of benzene rings is 1. The first-order chi connectivity index (χ1) is 9.60. The summed E-state index contributed by atoms with van der Waals surface area (Å²) in [5.41, 5.74) is 0.988. The minimum atomic E-state index is -0.929. The van der Waals surface area contributed by atoms with Crippen molar-refractivity contribution in [1.82, 2.24) is 0 Å². The summed E-state index contributed by atoms with van der Waals surface area (Å²) in [7, 11) is 3.29. The standard InChI is InChI=1S/C14H20BrNO4/c1-19-8-3-6-16(7-9-20-2)13-10-11(15)4-5-12(13)14(17)18/h4-5,10H,3,6-9H2,1-2H3,(H,17,18). The van der Waals surface area contributed by atoms with Gasteiger partial charge in [0, 0.05) is 38.4 Å². The lowest BCUT2D eigenvalue weighted by Crippen LogP contribution is -2.30. The number of ether oxygens (including phenoxy) is 2. The minimum absolute atomic E-state index is 0.293. The molecule has 0 saturated heterocycles. The molecule has 0 unspecified atom stereocenters. The Balaban J connectivity index is 2.97. The van der Waals surface area contributed by atoms with Gasteiger partial charge in [0.25, 0.3) is 0 Å². The fourth-order valence-corrected chi connectivity index (χ4v) is 2.25. The van der Waals surface area contributed by atoms with E-state index in [1.54, 1.807) is 26.4 Å². The molecule has 0 aliphatic heterocycles. The van der Waals surface area contributed by atoms with Crippen molar-refractivity contribution in [3.63, 3.8) is 0 Å². The van der Waals surface area contributed by atoms with E-state index in [1.807, 2.05) is 11.0 Å². The maximum atomic E-state index is 11.3. The van der Waals surface area contributed by atoms with E-state index in [2.05, 4.69) is 15.9 Å². The Bertz CT molecular complexity index is 439. The van der Waals surface area contributed by atoms with Crippen molar-refractivity contribution < 1.29 is 19.4 Å². The van der Waals surface area contributed by atoms with Crippen LogP contribution in [0, 0.1) is 0 Å². The van der Waals surface area contributed by atoms with Crippen LogP contribution in [0.1, 0.15) is 16.8 Å². The smallest absolute Gasteiger partial charge is 0.337 e. The summed E-state index contributed by atoms with van der Waals surface area (Å²) < 4.78 is 11.0. The molecule has 0 aromatic heterocycles. The van der Waals surface area contributed by atoms with Crippen molar-refractivity contribution in [2.45, 2.75) is 6.42 Å². The second-order valence-corrected chi connectivity index (χ2v) is 5.21.